The van der Waals surface area contributed by atoms with Crippen LogP contribution >= 0.6 is 0 Å². The highest BCUT2D eigenvalue weighted by Gasteiger charge is 2.12. The van der Waals surface area contributed by atoms with Crippen LogP contribution in [0.2, 0.25) is 0 Å². The maximum Gasteiger partial charge on any atom is 0.0850 e. The molecule has 0 unspecified atom stereocenters. The molecule has 18 heavy (non-hydrogen) atoms. The summed E-state index contributed by atoms with van der Waals surface area (Å²) in [4.78, 5) is 0. The Morgan fingerprint density at radius 3 is 2.06 bits per heavy atom. The smallest absolute Gasteiger partial charge is 0.0850 e. The highest BCUT2D eigenvalue weighted by molar-refractivity contribution is 5.49. The van der Waals surface area contributed by atoms with Crippen LogP contribution in [0.15, 0.2) is 66.7 Å². The fourth-order valence-electron chi connectivity index (χ4n) is 1.89. The van der Waals surface area contributed by atoms with Crippen molar-refractivity contribution in [2.75, 3.05) is 0 Å². The first-order valence-electron chi connectivity index (χ1n) is 6.23. The third kappa shape index (κ3) is 3.31. The molecule has 2 atom stereocenters. The lowest BCUT2D eigenvalue weighted by molar-refractivity contribution is 0.140. The third-order valence-corrected chi connectivity index (χ3v) is 3.03. The molecular formula is C17H18O. The van der Waals surface area contributed by atoms with E-state index in [0.29, 0.717) is 0 Å². The predicted molar refractivity (Wildman–Crippen MR) is 76.0 cm³/mol. The lowest BCUT2D eigenvalue weighted by atomic mass is 9.96. The van der Waals surface area contributed by atoms with Crippen molar-refractivity contribution in [2.24, 2.45) is 5.92 Å². The van der Waals surface area contributed by atoms with Crippen LogP contribution in [0, 0.1) is 5.92 Å². The van der Waals surface area contributed by atoms with Crippen molar-refractivity contribution in [3.05, 3.63) is 77.9 Å². The molecule has 0 saturated heterocycles. The third-order valence-electron chi connectivity index (χ3n) is 3.03. The van der Waals surface area contributed by atoms with Crippen molar-refractivity contribution >= 4 is 6.08 Å². The molecule has 0 radical (unpaired) electrons. The Bertz CT molecular complexity index is 488. The quantitative estimate of drug-likeness (QED) is 0.851. The maximum absolute atomic E-state index is 10.2. The zero-order chi connectivity index (χ0) is 12.8. The summed E-state index contributed by atoms with van der Waals surface area (Å²) in [5.74, 6) is 0.0904. The fourth-order valence-corrected chi connectivity index (χ4v) is 1.89. The largest absolute Gasteiger partial charge is 0.388 e. The second-order valence-corrected chi connectivity index (χ2v) is 4.48. The topological polar surface area (TPSA) is 20.2 Å². The standard InChI is InChI=1S/C17H18O/c1-14(12-13-15-8-4-2-5-9-15)17(18)16-10-6-3-7-11-16/h2-14,17-18H,1H3/b13-12+/t14-,17+/m0/s1. The van der Waals surface area contributed by atoms with E-state index in [-0.39, 0.29) is 5.92 Å². The monoisotopic (exact) mass is 238 g/mol. The molecule has 0 aromatic heterocycles. The number of aliphatic hydroxyl groups excluding tert-OH is 1. The first-order chi connectivity index (χ1) is 8.77. The summed E-state index contributed by atoms with van der Waals surface area (Å²) in [5.41, 5.74) is 2.12. The van der Waals surface area contributed by atoms with Gasteiger partial charge in [0.25, 0.3) is 0 Å². The Hall–Kier alpha value is -1.86. The Morgan fingerprint density at radius 2 is 1.44 bits per heavy atom. The van der Waals surface area contributed by atoms with Gasteiger partial charge in [0.05, 0.1) is 6.10 Å². The second kappa shape index (κ2) is 6.18. The van der Waals surface area contributed by atoms with Gasteiger partial charge in [0.2, 0.25) is 0 Å². The average molecular weight is 238 g/mol. The van der Waals surface area contributed by atoms with E-state index in [2.05, 4.69) is 18.2 Å². The van der Waals surface area contributed by atoms with Gasteiger partial charge in [-0.05, 0) is 11.1 Å². The molecule has 2 aromatic rings. The van der Waals surface area contributed by atoms with Crippen LogP contribution in [-0.2, 0) is 0 Å². The number of rotatable bonds is 4. The van der Waals surface area contributed by atoms with Crippen molar-refractivity contribution in [3.63, 3.8) is 0 Å². The normalized spacial score (nSPS) is 14.6. The van der Waals surface area contributed by atoms with Crippen LogP contribution in [0.25, 0.3) is 6.08 Å². The molecule has 0 aliphatic heterocycles. The fraction of sp³-hybridized carbons (Fsp3) is 0.176. The lowest BCUT2D eigenvalue weighted by Gasteiger charge is -2.15. The summed E-state index contributed by atoms with van der Waals surface area (Å²) in [5, 5.41) is 10.2. The molecular weight excluding hydrogens is 220 g/mol. The van der Waals surface area contributed by atoms with Crippen LogP contribution in [0.5, 0.6) is 0 Å². The van der Waals surface area contributed by atoms with Crippen molar-refractivity contribution in [1.29, 1.82) is 0 Å². The lowest BCUT2D eigenvalue weighted by Crippen LogP contribution is -2.06. The van der Waals surface area contributed by atoms with Crippen molar-refractivity contribution < 1.29 is 5.11 Å². The summed E-state index contributed by atoms with van der Waals surface area (Å²) >= 11 is 0. The van der Waals surface area contributed by atoms with Crippen molar-refractivity contribution in [2.45, 2.75) is 13.0 Å². The van der Waals surface area contributed by atoms with E-state index < -0.39 is 6.10 Å². The molecule has 2 aromatic carbocycles. The van der Waals surface area contributed by atoms with Gasteiger partial charge in [-0.2, -0.15) is 0 Å². The summed E-state index contributed by atoms with van der Waals surface area (Å²) in [6, 6.07) is 19.9. The van der Waals surface area contributed by atoms with Crippen molar-refractivity contribution in [3.8, 4) is 0 Å². The highest BCUT2D eigenvalue weighted by atomic mass is 16.3. The molecule has 0 spiro atoms. The molecule has 1 N–H and O–H groups in total. The summed E-state index contributed by atoms with van der Waals surface area (Å²) in [7, 11) is 0. The van der Waals surface area contributed by atoms with Crippen LogP contribution in [0.1, 0.15) is 24.2 Å². The van der Waals surface area contributed by atoms with Gasteiger partial charge in [0.15, 0.2) is 0 Å². The van der Waals surface area contributed by atoms with Gasteiger partial charge in [0.1, 0.15) is 0 Å². The molecule has 0 fully saturated rings. The van der Waals surface area contributed by atoms with E-state index in [4.69, 9.17) is 0 Å². The van der Waals surface area contributed by atoms with Crippen molar-refractivity contribution in [1.82, 2.24) is 0 Å². The average Bonchev–Trinajstić information content (AvgIpc) is 2.46. The van der Waals surface area contributed by atoms with Crippen LogP contribution in [-0.4, -0.2) is 5.11 Å². The molecule has 0 saturated carbocycles. The zero-order valence-corrected chi connectivity index (χ0v) is 10.5. The number of benzene rings is 2. The first kappa shape index (κ1) is 12.6. The Morgan fingerprint density at radius 1 is 0.889 bits per heavy atom. The van der Waals surface area contributed by atoms with E-state index in [0.717, 1.165) is 11.1 Å². The first-order valence-corrected chi connectivity index (χ1v) is 6.23. The zero-order valence-electron chi connectivity index (χ0n) is 10.5. The van der Waals surface area contributed by atoms with Gasteiger partial charge in [0, 0.05) is 5.92 Å². The van der Waals surface area contributed by atoms with Crippen LogP contribution < -0.4 is 0 Å². The van der Waals surface area contributed by atoms with Gasteiger partial charge >= 0.3 is 0 Å². The molecule has 0 bridgehead atoms. The van der Waals surface area contributed by atoms with Crippen LogP contribution in [0.3, 0.4) is 0 Å². The number of hydrogen-bond donors (Lipinski definition) is 1. The van der Waals surface area contributed by atoms with Gasteiger partial charge in [-0.15, -0.1) is 0 Å². The van der Waals surface area contributed by atoms with E-state index >= 15 is 0 Å². The maximum atomic E-state index is 10.2. The minimum absolute atomic E-state index is 0.0904. The van der Waals surface area contributed by atoms with Gasteiger partial charge in [-0.1, -0.05) is 79.7 Å². The molecule has 0 heterocycles. The minimum Gasteiger partial charge on any atom is -0.388 e. The Labute approximate surface area is 108 Å². The summed E-state index contributed by atoms with van der Waals surface area (Å²) in [6.07, 6.45) is 3.65. The van der Waals surface area contributed by atoms with Gasteiger partial charge in [-0.3, -0.25) is 0 Å². The molecule has 0 aliphatic carbocycles. The van der Waals surface area contributed by atoms with Gasteiger partial charge in [-0.25, -0.2) is 0 Å². The minimum atomic E-state index is -0.453. The van der Waals surface area contributed by atoms with Gasteiger partial charge < -0.3 is 5.11 Å². The predicted octanol–water partition coefficient (Wildman–Crippen LogP) is 4.07. The SMILES string of the molecule is C[C@@H](/C=C/c1ccccc1)[C@@H](O)c1ccccc1. The number of aliphatic hydroxyl groups is 1. The number of hydrogen-bond acceptors (Lipinski definition) is 1. The molecule has 2 rings (SSSR count). The van der Waals surface area contributed by atoms with E-state index in [9.17, 15) is 5.11 Å². The Balaban J connectivity index is 2.04. The Kier molecular flexibility index (Phi) is 4.32. The molecule has 0 aliphatic rings. The molecule has 92 valence electrons. The van der Waals surface area contributed by atoms with Crippen LogP contribution in [0.4, 0.5) is 0 Å². The van der Waals surface area contributed by atoms with E-state index in [1.807, 2.05) is 61.5 Å². The molecule has 1 nitrogen and oxygen atoms in total. The molecule has 1 heteroatoms. The second-order valence-electron chi connectivity index (χ2n) is 4.48. The molecule has 0 amide bonds. The highest BCUT2D eigenvalue weighted by Crippen LogP contribution is 2.23. The van der Waals surface area contributed by atoms with E-state index in [1.54, 1.807) is 0 Å². The summed E-state index contributed by atoms with van der Waals surface area (Å²) < 4.78 is 0. The van der Waals surface area contributed by atoms with E-state index in [1.165, 1.54) is 0 Å². The summed E-state index contributed by atoms with van der Waals surface area (Å²) in [6.45, 7) is 2.02.